The van der Waals surface area contributed by atoms with Crippen LogP contribution in [0.25, 0.3) is 5.65 Å². The number of pyridine rings is 1. The molecule has 23 heavy (non-hydrogen) atoms. The third kappa shape index (κ3) is 3.06. The van der Waals surface area contributed by atoms with Gasteiger partial charge in [0, 0.05) is 11.8 Å². The van der Waals surface area contributed by atoms with Crippen molar-refractivity contribution < 1.29 is 14.6 Å². The molecule has 0 spiro atoms. The largest absolute Gasteiger partial charge is 0.508 e. The highest BCUT2D eigenvalue weighted by atomic mass is 16.5. The van der Waals surface area contributed by atoms with Gasteiger partial charge in [-0.15, -0.1) is 0 Å². The van der Waals surface area contributed by atoms with E-state index < -0.39 is 5.97 Å². The molecule has 0 atom stereocenters. The number of rotatable bonds is 3. The minimum Gasteiger partial charge on any atom is -0.508 e. The number of nitrogens with zero attached hydrogens (tertiary/aromatic N) is 2. The second-order valence-corrected chi connectivity index (χ2v) is 5.07. The monoisotopic (exact) mass is 310 g/mol. The second-order valence-electron chi connectivity index (χ2n) is 5.07. The van der Waals surface area contributed by atoms with E-state index in [0.29, 0.717) is 16.9 Å². The molecule has 2 heterocycles. The maximum Gasteiger partial charge on any atom is 0.338 e. The zero-order chi connectivity index (χ0) is 16.4. The fourth-order valence-corrected chi connectivity index (χ4v) is 2.26. The Morgan fingerprint density at radius 3 is 2.70 bits per heavy atom. The summed E-state index contributed by atoms with van der Waals surface area (Å²) in [5.74, 6) is -0.475. The van der Waals surface area contributed by atoms with E-state index in [2.05, 4.69) is 4.98 Å². The lowest BCUT2D eigenvalue weighted by Gasteiger charge is -2.07. The first kappa shape index (κ1) is 14.8. The number of carbonyl (C=O) groups excluding carboxylic acids is 1. The molecule has 1 N–H and O–H groups in total. The van der Waals surface area contributed by atoms with Crippen LogP contribution in [-0.2, 0) is 11.3 Å². The maximum absolute atomic E-state index is 12.1. The highest BCUT2D eigenvalue weighted by Gasteiger charge is 2.09. The predicted octanol–water partition coefficient (Wildman–Crippen LogP) is 2.07. The maximum atomic E-state index is 12.1. The fourth-order valence-electron chi connectivity index (χ4n) is 2.26. The Morgan fingerprint density at radius 1 is 1.22 bits per heavy atom. The Kier molecular flexibility index (Phi) is 3.80. The molecule has 0 aliphatic heterocycles. The molecule has 0 aliphatic carbocycles. The molecule has 0 fully saturated rings. The lowest BCUT2D eigenvalue weighted by molar-refractivity contribution is 0.0467. The summed E-state index contributed by atoms with van der Waals surface area (Å²) in [5.41, 5.74) is 1.77. The number of esters is 1. The Balaban J connectivity index is 1.81. The van der Waals surface area contributed by atoms with Crippen molar-refractivity contribution in [3.63, 3.8) is 0 Å². The van der Waals surface area contributed by atoms with Gasteiger partial charge in [0.15, 0.2) is 0 Å². The second kappa shape index (κ2) is 5.92. The summed E-state index contributed by atoms with van der Waals surface area (Å²) in [6.07, 6.45) is 0. The van der Waals surface area contributed by atoms with Crippen molar-refractivity contribution in [1.82, 2.24) is 9.38 Å². The van der Waals surface area contributed by atoms with E-state index in [1.54, 1.807) is 6.07 Å². The highest BCUT2D eigenvalue weighted by Crippen LogP contribution is 2.11. The third-order valence-electron chi connectivity index (χ3n) is 3.39. The van der Waals surface area contributed by atoms with Crippen LogP contribution in [0, 0.1) is 6.92 Å². The van der Waals surface area contributed by atoms with Gasteiger partial charge in [0.25, 0.3) is 5.56 Å². The fraction of sp³-hybridized carbons (Fsp3) is 0.118. The van der Waals surface area contributed by atoms with Crippen LogP contribution in [0.4, 0.5) is 0 Å². The summed E-state index contributed by atoms with van der Waals surface area (Å²) in [5, 5.41) is 9.20. The molecule has 6 nitrogen and oxygen atoms in total. The molecule has 0 saturated heterocycles. The summed E-state index contributed by atoms with van der Waals surface area (Å²) >= 11 is 0. The van der Waals surface area contributed by atoms with Crippen LogP contribution < -0.4 is 5.56 Å². The molecule has 3 rings (SSSR count). The van der Waals surface area contributed by atoms with Crippen LogP contribution in [-0.4, -0.2) is 20.5 Å². The Morgan fingerprint density at radius 2 is 1.96 bits per heavy atom. The van der Waals surface area contributed by atoms with Gasteiger partial charge >= 0.3 is 5.97 Å². The average molecular weight is 310 g/mol. The topological polar surface area (TPSA) is 80.9 Å². The van der Waals surface area contributed by atoms with E-state index in [1.165, 1.54) is 34.7 Å². The molecule has 0 bridgehead atoms. The van der Waals surface area contributed by atoms with Gasteiger partial charge < -0.3 is 9.84 Å². The number of aromatic nitrogens is 2. The summed E-state index contributed by atoms with van der Waals surface area (Å²) < 4.78 is 6.65. The third-order valence-corrected chi connectivity index (χ3v) is 3.39. The molecule has 0 aliphatic rings. The number of benzene rings is 1. The molecular formula is C17H14N2O4. The van der Waals surface area contributed by atoms with E-state index >= 15 is 0 Å². The minimum atomic E-state index is -0.545. The van der Waals surface area contributed by atoms with Crippen molar-refractivity contribution >= 4 is 11.6 Å². The Bertz CT molecular complexity index is 929. The number of hydrogen-bond donors (Lipinski definition) is 1. The van der Waals surface area contributed by atoms with Crippen LogP contribution in [0.1, 0.15) is 21.7 Å². The molecular weight excluding hydrogens is 296 g/mol. The number of hydrogen-bond acceptors (Lipinski definition) is 5. The predicted molar refractivity (Wildman–Crippen MR) is 83.4 cm³/mol. The standard InChI is InChI=1S/C17H14N2O4/c1-11-3-2-4-15-18-13(9-16(21)19(11)15)10-23-17(22)12-5-7-14(20)8-6-12/h2-9,20H,10H2,1H3. The molecule has 3 aromatic rings. The zero-order valence-corrected chi connectivity index (χ0v) is 12.4. The van der Waals surface area contributed by atoms with E-state index in [-0.39, 0.29) is 17.9 Å². The van der Waals surface area contributed by atoms with Crippen molar-refractivity contribution in [3.8, 4) is 5.75 Å². The van der Waals surface area contributed by atoms with Gasteiger partial charge in [-0.2, -0.15) is 0 Å². The molecule has 1 aromatic carbocycles. The first-order valence-corrected chi connectivity index (χ1v) is 6.99. The normalized spacial score (nSPS) is 10.7. The van der Waals surface area contributed by atoms with Crippen LogP contribution >= 0.6 is 0 Å². The number of aryl methyl sites for hydroxylation is 1. The molecule has 6 heteroatoms. The quantitative estimate of drug-likeness (QED) is 0.749. The van der Waals surface area contributed by atoms with Gasteiger partial charge in [0.1, 0.15) is 18.0 Å². The first-order chi connectivity index (χ1) is 11.0. The first-order valence-electron chi connectivity index (χ1n) is 6.99. The lowest BCUT2D eigenvalue weighted by atomic mass is 10.2. The zero-order valence-electron chi connectivity index (χ0n) is 12.4. The molecule has 0 radical (unpaired) electrons. The molecule has 0 unspecified atom stereocenters. The van der Waals surface area contributed by atoms with Crippen LogP contribution in [0.15, 0.2) is 53.3 Å². The summed E-state index contributed by atoms with van der Waals surface area (Å²) in [7, 11) is 0. The molecule has 116 valence electrons. The van der Waals surface area contributed by atoms with Crippen molar-refractivity contribution in [2.24, 2.45) is 0 Å². The minimum absolute atomic E-state index is 0.0705. The van der Waals surface area contributed by atoms with E-state index in [0.717, 1.165) is 5.69 Å². The number of phenols is 1. The number of phenolic OH excluding ortho intramolecular Hbond substituents is 1. The van der Waals surface area contributed by atoms with Crippen molar-refractivity contribution in [1.29, 1.82) is 0 Å². The molecule has 2 aromatic heterocycles. The van der Waals surface area contributed by atoms with Gasteiger partial charge in [-0.1, -0.05) is 6.07 Å². The molecule has 0 amide bonds. The highest BCUT2D eigenvalue weighted by molar-refractivity contribution is 5.89. The van der Waals surface area contributed by atoms with E-state index in [1.807, 2.05) is 19.1 Å². The Labute approximate surface area is 131 Å². The van der Waals surface area contributed by atoms with Gasteiger partial charge in [-0.05, 0) is 43.3 Å². The van der Waals surface area contributed by atoms with Gasteiger partial charge in [-0.25, -0.2) is 9.78 Å². The summed E-state index contributed by atoms with van der Waals surface area (Å²) in [6, 6.07) is 12.4. The number of ether oxygens (including phenoxy) is 1. The Hall–Kier alpha value is -3.15. The van der Waals surface area contributed by atoms with Crippen LogP contribution in [0.3, 0.4) is 0 Å². The van der Waals surface area contributed by atoms with Gasteiger partial charge in [0.2, 0.25) is 0 Å². The summed E-state index contributed by atoms with van der Waals surface area (Å²) in [6.45, 7) is 1.72. The van der Waals surface area contributed by atoms with Gasteiger partial charge in [0.05, 0.1) is 11.3 Å². The van der Waals surface area contributed by atoms with Crippen molar-refractivity contribution in [2.45, 2.75) is 13.5 Å². The average Bonchev–Trinajstić information content (AvgIpc) is 2.53. The van der Waals surface area contributed by atoms with E-state index in [4.69, 9.17) is 4.74 Å². The summed E-state index contributed by atoms with van der Waals surface area (Å²) in [4.78, 5) is 28.4. The van der Waals surface area contributed by atoms with Crippen LogP contribution in [0.2, 0.25) is 0 Å². The molecule has 0 saturated carbocycles. The lowest BCUT2D eigenvalue weighted by Crippen LogP contribution is -2.18. The van der Waals surface area contributed by atoms with Crippen molar-refractivity contribution in [3.05, 3.63) is 75.8 Å². The van der Waals surface area contributed by atoms with Crippen LogP contribution in [0.5, 0.6) is 5.75 Å². The smallest absolute Gasteiger partial charge is 0.338 e. The number of aromatic hydroxyl groups is 1. The van der Waals surface area contributed by atoms with Gasteiger partial charge in [-0.3, -0.25) is 9.20 Å². The number of carbonyl (C=O) groups is 1. The van der Waals surface area contributed by atoms with Crippen molar-refractivity contribution in [2.75, 3.05) is 0 Å². The number of fused-ring (bicyclic) bond motifs is 1. The SMILES string of the molecule is Cc1cccc2nc(COC(=O)c3ccc(O)cc3)cc(=O)n12. The van der Waals surface area contributed by atoms with E-state index in [9.17, 15) is 14.7 Å².